The quantitative estimate of drug-likeness (QED) is 0.717. The van der Waals surface area contributed by atoms with E-state index in [1.165, 1.54) is 12.8 Å². The third-order valence-electron chi connectivity index (χ3n) is 3.06. The average Bonchev–Trinajstić information content (AvgIpc) is 3.19. The van der Waals surface area contributed by atoms with Gasteiger partial charge in [0.15, 0.2) is 0 Å². The minimum Gasteiger partial charge on any atom is -0.388 e. The molecule has 0 radical (unpaired) electrons. The summed E-state index contributed by atoms with van der Waals surface area (Å²) in [6.07, 6.45) is 4.34. The molecule has 2 rings (SSSR count). The smallest absolute Gasteiger partial charge is 0.223 e. The van der Waals surface area contributed by atoms with Crippen LogP contribution in [0.3, 0.4) is 0 Å². The lowest BCUT2D eigenvalue weighted by Crippen LogP contribution is -2.31. The van der Waals surface area contributed by atoms with E-state index in [1.54, 1.807) is 12.3 Å². The maximum absolute atomic E-state index is 5.53. The van der Waals surface area contributed by atoms with Crippen molar-refractivity contribution in [2.45, 2.75) is 25.8 Å². The number of rotatable bonds is 7. The number of hydrogen-bond acceptors (Lipinski definition) is 5. The number of aromatic nitrogens is 2. The zero-order chi connectivity index (χ0) is 13.0. The van der Waals surface area contributed by atoms with Crippen LogP contribution in [0, 0.1) is 0 Å². The Balaban J connectivity index is 1.82. The Bertz CT molecular complexity index is 419. The fourth-order valence-electron chi connectivity index (χ4n) is 1.93. The third kappa shape index (κ3) is 3.61. The Morgan fingerprint density at radius 1 is 1.61 bits per heavy atom. The van der Waals surface area contributed by atoms with Crippen LogP contribution >= 0.6 is 12.2 Å². The van der Waals surface area contributed by atoms with E-state index in [-0.39, 0.29) is 0 Å². The van der Waals surface area contributed by atoms with Crippen LogP contribution in [0.5, 0.6) is 0 Å². The number of nitrogens with zero attached hydrogens (tertiary/aromatic N) is 3. The first-order valence-electron chi connectivity index (χ1n) is 6.31. The minimum atomic E-state index is 0.300. The van der Waals surface area contributed by atoms with Crippen molar-refractivity contribution in [1.82, 2.24) is 14.9 Å². The van der Waals surface area contributed by atoms with Crippen molar-refractivity contribution in [3.8, 4) is 0 Å². The summed E-state index contributed by atoms with van der Waals surface area (Å²) < 4.78 is 0. The Morgan fingerprint density at radius 3 is 3.00 bits per heavy atom. The second-order valence-electron chi connectivity index (χ2n) is 4.42. The highest BCUT2D eigenvalue weighted by molar-refractivity contribution is 7.80. The molecule has 1 saturated carbocycles. The summed E-state index contributed by atoms with van der Waals surface area (Å²) in [7, 11) is 0. The van der Waals surface area contributed by atoms with E-state index >= 15 is 0 Å². The van der Waals surface area contributed by atoms with E-state index in [9.17, 15) is 0 Å². The van der Waals surface area contributed by atoms with Crippen LogP contribution in [-0.4, -0.2) is 45.5 Å². The van der Waals surface area contributed by atoms with Crippen LogP contribution in [0.25, 0.3) is 0 Å². The van der Waals surface area contributed by atoms with Gasteiger partial charge >= 0.3 is 0 Å². The molecular formula is C12H19N5S. The van der Waals surface area contributed by atoms with Gasteiger partial charge in [-0.15, -0.1) is 0 Å². The largest absolute Gasteiger partial charge is 0.388 e. The van der Waals surface area contributed by atoms with Crippen LogP contribution in [0.1, 0.15) is 25.5 Å². The van der Waals surface area contributed by atoms with Crippen molar-refractivity contribution < 1.29 is 0 Å². The lowest BCUT2D eigenvalue weighted by molar-refractivity contribution is 0.289. The van der Waals surface area contributed by atoms with Gasteiger partial charge in [0.25, 0.3) is 0 Å². The molecule has 1 aliphatic rings. The van der Waals surface area contributed by atoms with Crippen LogP contribution in [0.2, 0.25) is 0 Å². The Kier molecular flexibility index (Phi) is 4.43. The summed E-state index contributed by atoms with van der Waals surface area (Å²) >= 11 is 4.89. The Hall–Kier alpha value is -1.27. The third-order valence-corrected chi connectivity index (χ3v) is 3.27. The molecule has 18 heavy (non-hydrogen) atoms. The number of nitrogens with one attached hydrogen (secondary N) is 1. The van der Waals surface area contributed by atoms with Gasteiger partial charge in [-0.3, -0.25) is 4.90 Å². The number of nitrogens with two attached hydrogens (primary N) is 1. The molecule has 98 valence electrons. The summed E-state index contributed by atoms with van der Waals surface area (Å²) in [6.45, 7) is 5.15. The zero-order valence-electron chi connectivity index (χ0n) is 10.6. The number of hydrogen-bond donors (Lipinski definition) is 2. The van der Waals surface area contributed by atoms with Crippen molar-refractivity contribution in [2.24, 2.45) is 5.73 Å². The average molecular weight is 265 g/mol. The summed E-state index contributed by atoms with van der Waals surface area (Å²) in [6, 6.07) is 2.51. The topological polar surface area (TPSA) is 67.1 Å². The van der Waals surface area contributed by atoms with Crippen molar-refractivity contribution in [2.75, 3.05) is 25.0 Å². The fourth-order valence-corrected chi connectivity index (χ4v) is 2.04. The molecule has 0 spiro atoms. The van der Waals surface area contributed by atoms with Crippen LogP contribution in [-0.2, 0) is 0 Å². The second kappa shape index (κ2) is 6.06. The molecule has 0 saturated heterocycles. The normalized spacial score (nSPS) is 14.8. The molecule has 1 aromatic heterocycles. The molecule has 0 atom stereocenters. The molecule has 3 N–H and O–H groups in total. The standard InChI is InChI=1S/C12H19N5S/c1-2-17(9-3-4-9)8-7-15-12-14-6-5-10(16-12)11(13)18/h5-6,9H,2-4,7-8H2,1H3,(H2,13,18)(H,14,15,16). The van der Waals surface area contributed by atoms with Gasteiger partial charge in [-0.05, 0) is 25.5 Å². The Labute approximate surface area is 113 Å². The highest BCUT2D eigenvalue weighted by atomic mass is 32.1. The van der Waals surface area contributed by atoms with Crippen molar-refractivity contribution in [3.05, 3.63) is 18.0 Å². The number of thiocarbonyl (C=S) groups is 1. The van der Waals surface area contributed by atoms with E-state index in [0.29, 0.717) is 16.6 Å². The molecule has 0 aliphatic heterocycles. The molecule has 0 unspecified atom stereocenters. The van der Waals surface area contributed by atoms with Crippen molar-refractivity contribution in [1.29, 1.82) is 0 Å². The Morgan fingerprint density at radius 2 is 2.39 bits per heavy atom. The molecule has 0 aromatic carbocycles. The highest BCUT2D eigenvalue weighted by Crippen LogP contribution is 2.25. The van der Waals surface area contributed by atoms with Gasteiger partial charge < -0.3 is 11.1 Å². The van der Waals surface area contributed by atoms with E-state index < -0.39 is 0 Å². The second-order valence-corrected chi connectivity index (χ2v) is 4.86. The van der Waals surface area contributed by atoms with Gasteiger partial charge in [0.1, 0.15) is 10.7 Å². The molecule has 1 heterocycles. The SMILES string of the molecule is CCN(CCNc1nccc(C(N)=S)n1)C1CC1. The van der Waals surface area contributed by atoms with Crippen molar-refractivity contribution in [3.63, 3.8) is 0 Å². The molecule has 5 nitrogen and oxygen atoms in total. The number of likely N-dealkylation sites (N-methyl/N-ethyl adjacent to an activating group) is 1. The van der Waals surface area contributed by atoms with E-state index in [2.05, 4.69) is 27.1 Å². The molecule has 6 heteroatoms. The van der Waals surface area contributed by atoms with Gasteiger partial charge in [0.2, 0.25) is 5.95 Å². The lowest BCUT2D eigenvalue weighted by atomic mass is 10.4. The van der Waals surface area contributed by atoms with Crippen LogP contribution in [0.15, 0.2) is 12.3 Å². The molecule has 0 bridgehead atoms. The predicted octanol–water partition coefficient (Wildman–Crippen LogP) is 1.01. The summed E-state index contributed by atoms with van der Waals surface area (Å²) in [5, 5.41) is 3.21. The number of anilines is 1. The highest BCUT2D eigenvalue weighted by Gasteiger charge is 2.27. The van der Waals surface area contributed by atoms with Gasteiger partial charge in [-0.2, -0.15) is 0 Å². The fraction of sp³-hybridized carbons (Fsp3) is 0.583. The maximum Gasteiger partial charge on any atom is 0.223 e. The minimum absolute atomic E-state index is 0.300. The van der Waals surface area contributed by atoms with Gasteiger partial charge in [0.05, 0.1) is 0 Å². The maximum atomic E-state index is 5.53. The molecule has 1 fully saturated rings. The lowest BCUT2D eigenvalue weighted by Gasteiger charge is -2.19. The molecular weight excluding hydrogens is 246 g/mol. The van der Waals surface area contributed by atoms with Gasteiger partial charge in [-0.1, -0.05) is 19.1 Å². The molecule has 1 aromatic rings. The first-order chi connectivity index (χ1) is 8.70. The van der Waals surface area contributed by atoms with Gasteiger partial charge in [-0.25, -0.2) is 9.97 Å². The monoisotopic (exact) mass is 265 g/mol. The van der Waals surface area contributed by atoms with Crippen molar-refractivity contribution >= 4 is 23.2 Å². The molecule has 0 amide bonds. The summed E-state index contributed by atoms with van der Waals surface area (Å²) in [4.78, 5) is 11.2. The van der Waals surface area contributed by atoms with E-state index in [4.69, 9.17) is 18.0 Å². The van der Waals surface area contributed by atoms with Crippen LogP contribution < -0.4 is 11.1 Å². The zero-order valence-corrected chi connectivity index (χ0v) is 11.4. The van der Waals surface area contributed by atoms with E-state index in [0.717, 1.165) is 25.7 Å². The van der Waals surface area contributed by atoms with E-state index in [1.807, 2.05) is 0 Å². The predicted molar refractivity (Wildman–Crippen MR) is 76.7 cm³/mol. The van der Waals surface area contributed by atoms with Gasteiger partial charge in [0, 0.05) is 25.3 Å². The summed E-state index contributed by atoms with van der Waals surface area (Å²) in [5.74, 6) is 0.590. The first-order valence-corrected chi connectivity index (χ1v) is 6.72. The first kappa shape index (κ1) is 13.2. The molecule has 1 aliphatic carbocycles. The van der Waals surface area contributed by atoms with Crippen LogP contribution in [0.4, 0.5) is 5.95 Å². The summed E-state index contributed by atoms with van der Waals surface area (Å²) in [5.41, 5.74) is 6.14.